The number of urea groups is 1. The highest BCUT2D eigenvalue weighted by atomic mass is 16.5. The van der Waals surface area contributed by atoms with Crippen molar-refractivity contribution in [3.8, 4) is 0 Å². The Hall–Kier alpha value is -1.59. The topological polar surface area (TPSA) is 75.7 Å². The molecule has 3 rings (SSSR count). The van der Waals surface area contributed by atoms with Crippen LogP contribution >= 0.6 is 0 Å². The summed E-state index contributed by atoms with van der Waals surface area (Å²) < 4.78 is 5.78. The maximum absolute atomic E-state index is 12.9. The molecule has 3 amide bonds. The predicted octanol–water partition coefficient (Wildman–Crippen LogP) is 3.64. The van der Waals surface area contributed by atoms with E-state index in [0.717, 1.165) is 49.8 Å². The number of hydrogen-bond acceptors (Lipinski definition) is 4. The van der Waals surface area contributed by atoms with Gasteiger partial charge in [0.15, 0.2) is 0 Å². The van der Waals surface area contributed by atoms with Crippen LogP contribution in [0.5, 0.6) is 0 Å². The lowest BCUT2D eigenvalue weighted by Gasteiger charge is -2.36. The second kappa shape index (κ2) is 8.19. The molecule has 1 saturated heterocycles. The average Bonchev–Trinajstić information content (AvgIpc) is 2.77. The molecule has 2 aliphatic carbocycles. The summed E-state index contributed by atoms with van der Waals surface area (Å²) in [6, 6.07) is -0.448. The summed E-state index contributed by atoms with van der Waals surface area (Å²) in [5, 5.41) is 2.88. The molecule has 0 aromatic carbocycles. The number of carbonyl (C=O) groups is 3. The Balaban J connectivity index is 1.63. The fourth-order valence-electron chi connectivity index (χ4n) is 5.08. The van der Waals surface area contributed by atoms with Crippen molar-refractivity contribution in [1.82, 2.24) is 10.2 Å². The largest absolute Gasteiger partial charge is 0.461 e. The number of hydrogen-bond donors (Lipinski definition) is 1. The lowest BCUT2D eigenvalue weighted by Crippen LogP contribution is -2.47. The highest BCUT2D eigenvalue weighted by Crippen LogP contribution is 2.36. The van der Waals surface area contributed by atoms with Crippen LogP contribution in [0.2, 0.25) is 0 Å². The Bertz CT molecular complexity index is 581. The summed E-state index contributed by atoms with van der Waals surface area (Å²) in [5.74, 6) is 0.615. The van der Waals surface area contributed by atoms with Crippen molar-refractivity contribution >= 4 is 17.9 Å². The van der Waals surface area contributed by atoms with Gasteiger partial charge in [0.05, 0.1) is 0 Å². The summed E-state index contributed by atoms with van der Waals surface area (Å²) >= 11 is 0. The minimum Gasteiger partial charge on any atom is -0.461 e. The van der Waals surface area contributed by atoms with Crippen molar-refractivity contribution in [2.45, 2.75) is 90.2 Å². The van der Waals surface area contributed by atoms with Gasteiger partial charge in [-0.05, 0) is 43.4 Å². The molecule has 0 radical (unpaired) electrons. The van der Waals surface area contributed by atoms with E-state index in [1.54, 1.807) is 0 Å². The molecular weight excluding hydrogens is 344 g/mol. The summed E-state index contributed by atoms with van der Waals surface area (Å²) in [6.07, 6.45) is 8.33. The Kier molecular flexibility index (Phi) is 6.11. The fourth-order valence-corrected chi connectivity index (χ4v) is 5.08. The number of esters is 1. The van der Waals surface area contributed by atoms with E-state index in [2.05, 4.69) is 26.1 Å². The molecule has 6 heteroatoms. The first-order chi connectivity index (χ1) is 12.8. The summed E-state index contributed by atoms with van der Waals surface area (Å²) in [6.45, 7) is 6.23. The van der Waals surface area contributed by atoms with Crippen LogP contribution in [0.15, 0.2) is 0 Å². The molecular formula is C21H34N2O4. The van der Waals surface area contributed by atoms with Crippen molar-refractivity contribution in [3.63, 3.8) is 0 Å². The lowest BCUT2D eigenvalue weighted by molar-refractivity contribution is -0.158. The van der Waals surface area contributed by atoms with E-state index in [0.29, 0.717) is 30.6 Å². The number of amides is 3. The van der Waals surface area contributed by atoms with Crippen LogP contribution < -0.4 is 5.32 Å². The van der Waals surface area contributed by atoms with E-state index in [9.17, 15) is 14.4 Å². The van der Waals surface area contributed by atoms with E-state index >= 15 is 0 Å². The number of ether oxygens (including phenoxy) is 1. The van der Waals surface area contributed by atoms with E-state index in [1.807, 2.05) is 0 Å². The highest BCUT2D eigenvalue weighted by Gasteiger charge is 2.51. The molecule has 1 N–H and O–H groups in total. The SMILES string of the molecule is CC(C)[C@H]1CC[C@@H](C)C[C@H]1OC(=O)CN1C(=O)NC2(CCCCCC2)C1=O. The van der Waals surface area contributed by atoms with Gasteiger partial charge in [-0.2, -0.15) is 0 Å². The van der Waals surface area contributed by atoms with Gasteiger partial charge < -0.3 is 10.1 Å². The number of nitrogens with zero attached hydrogens (tertiary/aromatic N) is 1. The molecule has 152 valence electrons. The maximum atomic E-state index is 12.9. The first-order valence-electron chi connectivity index (χ1n) is 10.7. The number of rotatable bonds is 4. The summed E-state index contributed by atoms with van der Waals surface area (Å²) in [7, 11) is 0. The van der Waals surface area contributed by atoms with Gasteiger partial charge in [-0.3, -0.25) is 14.5 Å². The van der Waals surface area contributed by atoms with Crippen LogP contribution in [0.25, 0.3) is 0 Å². The van der Waals surface area contributed by atoms with Crippen LogP contribution in [-0.4, -0.2) is 41.0 Å². The molecule has 0 aromatic heterocycles. The first kappa shape index (κ1) is 20.2. The molecule has 0 unspecified atom stereocenters. The second-order valence-electron chi connectivity index (χ2n) is 9.17. The Morgan fingerprint density at radius 2 is 1.85 bits per heavy atom. The standard InChI is InChI=1S/C21H34N2O4/c1-14(2)16-9-8-15(3)12-17(16)27-18(24)13-23-19(25)21(22-20(23)26)10-6-4-5-7-11-21/h14-17H,4-13H2,1-3H3,(H,22,26)/t15-,16-,17-/m1/s1. The molecule has 1 heterocycles. The van der Waals surface area contributed by atoms with Gasteiger partial charge in [0, 0.05) is 0 Å². The van der Waals surface area contributed by atoms with Crippen LogP contribution in [0.1, 0.15) is 78.6 Å². The van der Waals surface area contributed by atoms with Crippen LogP contribution in [-0.2, 0) is 14.3 Å². The Morgan fingerprint density at radius 1 is 1.19 bits per heavy atom. The molecule has 0 aromatic rings. The molecule has 3 aliphatic rings. The zero-order chi connectivity index (χ0) is 19.6. The molecule has 2 saturated carbocycles. The quantitative estimate of drug-likeness (QED) is 0.599. The van der Waals surface area contributed by atoms with E-state index in [1.165, 1.54) is 0 Å². The molecule has 3 fully saturated rings. The number of nitrogens with one attached hydrogen (secondary N) is 1. The van der Waals surface area contributed by atoms with Crippen LogP contribution in [0.4, 0.5) is 4.79 Å². The van der Waals surface area contributed by atoms with Gasteiger partial charge in [-0.15, -0.1) is 0 Å². The molecule has 3 atom stereocenters. The van der Waals surface area contributed by atoms with Gasteiger partial charge in [0.2, 0.25) is 0 Å². The Morgan fingerprint density at radius 3 is 2.48 bits per heavy atom. The minimum atomic E-state index is -0.798. The van der Waals surface area contributed by atoms with Crippen molar-refractivity contribution < 1.29 is 19.1 Å². The van der Waals surface area contributed by atoms with E-state index in [4.69, 9.17) is 4.74 Å². The van der Waals surface area contributed by atoms with Crippen molar-refractivity contribution in [1.29, 1.82) is 0 Å². The Labute approximate surface area is 162 Å². The third kappa shape index (κ3) is 4.30. The average molecular weight is 379 g/mol. The zero-order valence-electron chi connectivity index (χ0n) is 17.0. The third-order valence-electron chi connectivity index (χ3n) is 6.73. The normalized spacial score (nSPS) is 31.1. The smallest absolute Gasteiger partial charge is 0.326 e. The molecule has 27 heavy (non-hydrogen) atoms. The van der Waals surface area contributed by atoms with Crippen molar-refractivity contribution in [3.05, 3.63) is 0 Å². The number of carbonyl (C=O) groups excluding carboxylic acids is 3. The van der Waals surface area contributed by atoms with E-state index in [-0.39, 0.29) is 18.6 Å². The summed E-state index contributed by atoms with van der Waals surface area (Å²) in [4.78, 5) is 39.0. The fraction of sp³-hybridized carbons (Fsp3) is 0.857. The van der Waals surface area contributed by atoms with Gasteiger partial charge in [0.1, 0.15) is 18.2 Å². The van der Waals surface area contributed by atoms with Crippen molar-refractivity contribution in [2.24, 2.45) is 17.8 Å². The van der Waals surface area contributed by atoms with Crippen LogP contribution in [0.3, 0.4) is 0 Å². The molecule has 0 bridgehead atoms. The van der Waals surface area contributed by atoms with Gasteiger partial charge in [-0.1, -0.05) is 52.9 Å². The predicted molar refractivity (Wildman–Crippen MR) is 102 cm³/mol. The first-order valence-corrected chi connectivity index (χ1v) is 10.7. The maximum Gasteiger partial charge on any atom is 0.326 e. The minimum absolute atomic E-state index is 0.117. The second-order valence-corrected chi connectivity index (χ2v) is 9.17. The highest BCUT2D eigenvalue weighted by molar-refractivity contribution is 6.08. The van der Waals surface area contributed by atoms with Gasteiger partial charge >= 0.3 is 12.0 Å². The lowest BCUT2D eigenvalue weighted by atomic mass is 9.75. The van der Waals surface area contributed by atoms with Gasteiger partial charge in [-0.25, -0.2) is 4.79 Å². The summed E-state index contributed by atoms with van der Waals surface area (Å²) in [5.41, 5.74) is -0.798. The zero-order valence-corrected chi connectivity index (χ0v) is 17.0. The molecule has 1 spiro atoms. The third-order valence-corrected chi connectivity index (χ3v) is 6.73. The van der Waals surface area contributed by atoms with Gasteiger partial charge in [0.25, 0.3) is 5.91 Å². The van der Waals surface area contributed by atoms with Crippen LogP contribution in [0, 0.1) is 17.8 Å². The van der Waals surface area contributed by atoms with Crippen molar-refractivity contribution in [2.75, 3.05) is 6.54 Å². The molecule has 1 aliphatic heterocycles. The molecule has 6 nitrogen and oxygen atoms in total. The monoisotopic (exact) mass is 378 g/mol. The van der Waals surface area contributed by atoms with E-state index < -0.39 is 17.5 Å². The number of imide groups is 1.